The van der Waals surface area contributed by atoms with Gasteiger partial charge in [-0.25, -0.2) is 0 Å². The van der Waals surface area contributed by atoms with Gasteiger partial charge in [-0.1, -0.05) is 47.9 Å². The highest BCUT2D eigenvalue weighted by Gasteiger charge is 2.19. The Morgan fingerprint density at radius 2 is 1.86 bits per heavy atom. The van der Waals surface area contributed by atoms with Gasteiger partial charge in [0, 0.05) is 11.3 Å². The number of rotatable bonds is 1. The van der Waals surface area contributed by atoms with E-state index in [0.29, 0.717) is 20.2 Å². The Morgan fingerprint density at radius 1 is 1.09 bits per heavy atom. The van der Waals surface area contributed by atoms with E-state index in [1.165, 1.54) is 12.0 Å². The van der Waals surface area contributed by atoms with Gasteiger partial charge in [0.15, 0.2) is 0 Å². The van der Waals surface area contributed by atoms with Crippen LogP contribution in [0, 0.1) is 16.0 Å². The lowest BCUT2D eigenvalue weighted by Crippen LogP contribution is -2.03. The first-order valence-electron chi connectivity index (χ1n) is 7.25. The van der Waals surface area contributed by atoms with Crippen LogP contribution >= 0.6 is 35.4 Å². The predicted molar refractivity (Wildman–Crippen MR) is 93.1 cm³/mol. The number of H-pyrrole nitrogens is 1. The maximum Gasteiger partial charge on any atom is 0.122 e. The molecule has 1 aromatic carbocycles. The average Bonchev–Trinajstić information content (AvgIpc) is 2.73. The lowest BCUT2D eigenvalue weighted by molar-refractivity contribution is 0.708. The highest BCUT2D eigenvalue weighted by Crippen LogP contribution is 2.36. The van der Waals surface area contributed by atoms with Crippen LogP contribution in [0.4, 0.5) is 0 Å². The molecule has 1 N–H and O–H groups in total. The molecule has 2 aromatic rings. The number of benzene rings is 1. The summed E-state index contributed by atoms with van der Waals surface area (Å²) in [5.74, 6) is 0. The summed E-state index contributed by atoms with van der Waals surface area (Å²) in [6.07, 6.45) is 5.38. The minimum absolute atomic E-state index is 0.490. The fourth-order valence-electron chi connectivity index (χ4n) is 3.04. The molecule has 1 aromatic heterocycles. The topological polar surface area (TPSA) is 39.6 Å². The summed E-state index contributed by atoms with van der Waals surface area (Å²) in [5, 5.41) is 10.6. The molecule has 5 heteroatoms. The number of hydrogen-bond donors (Lipinski definition) is 1. The average molecular weight is 349 g/mol. The van der Waals surface area contributed by atoms with Gasteiger partial charge in [0.05, 0.1) is 15.6 Å². The monoisotopic (exact) mass is 348 g/mol. The highest BCUT2D eigenvalue weighted by molar-refractivity contribution is 7.71. The standard InChI is InChI=1S/C17H14Cl2N2S/c18-13-7-6-10(8-14(13)19)16-11-4-2-1-3-5-15(11)21-17(22)12(16)9-20/h6-8H,1-5H2,(H,21,22). The van der Waals surface area contributed by atoms with Crippen molar-refractivity contribution in [2.45, 2.75) is 32.1 Å². The molecule has 0 unspecified atom stereocenters. The Balaban J connectivity index is 2.33. The van der Waals surface area contributed by atoms with Gasteiger partial charge in [-0.05, 0) is 48.9 Å². The molecule has 0 spiro atoms. The third-order valence-corrected chi connectivity index (χ3v) is 5.13. The largest absolute Gasteiger partial charge is 0.349 e. The van der Waals surface area contributed by atoms with E-state index in [0.717, 1.165) is 42.5 Å². The summed E-state index contributed by atoms with van der Waals surface area (Å²) >= 11 is 17.6. The molecule has 0 bridgehead atoms. The second-order valence-corrected chi connectivity index (χ2v) is 6.69. The van der Waals surface area contributed by atoms with Crippen LogP contribution in [0.2, 0.25) is 10.0 Å². The molecular formula is C17H14Cl2N2S. The number of aryl methyl sites for hydroxylation is 1. The van der Waals surface area contributed by atoms with E-state index < -0.39 is 0 Å². The van der Waals surface area contributed by atoms with Crippen molar-refractivity contribution in [1.29, 1.82) is 5.26 Å². The Hall–Kier alpha value is -1.34. The first-order valence-corrected chi connectivity index (χ1v) is 8.42. The molecule has 1 aliphatic rings. The van der Waals surface area contributed by atoms with Crippen molar-refractivity contribution in [3.63, 3.8) is 0 Å². The molecule has 112 valence electrons. The Bertz CT molecular complexity index is 834. The summed E-state index contributed by atoms with van der Waals surface area (Å²) < 4.78 is 0.504. The zero-order valence-corrected chi connectivity index (χ0v) is 14.2. The fraction of sp³-hybridized carbons (Fsp3) is 0.294. The van der Waals surface area contributed by atoms with Crippen molar-refractivity contribution >= 4 is 35.4 Å². The van der Waals surface area contributed by atoms with E-state index >= 15 is 0 Å². The maximum absolute atomic E-state index is 9.56. The van der Waals surface area contributed by atoms with E-state index in [9.17, 15) is 5.26 Å². The summed E-state index contributed by atoms with van der Waals surface area (Å²) in [4.78, 5) is 3.26. The van der Waals surface area contributed by atoms with Crippen LogP contribution in [-0.2, 0) is 12.8 Å². The van der Waals surface area contributed by atoms with Crippen molar-refractivity contribution in [2.24, 2.45) is 0 Å². The van der Waals surface area contributed by atoms with Crippen LogP contribution in [-0.4, -0.2) is 4.98 Å². The summed E-state index contributed by atoms with van der Waals surface area (Å²) in [7, 11) is 0. The smallest absolute Gasteiger partial charge is 0.122 e. The maximum atomic E-state index is 9.56. The van der Waals surface area contributed by atoms with Crippen LogP contribution in [0.25, 0.3) is 11.1 Å². The second kappa shape index (κ2) is 6.42. The van der Waals surface area contributed by atoms with Gasteiger partial charge in [-0.2, -0.15) is 5.26 Å². The minimum atomic E-state index is 0.490. The molecule has 0 amide bonds. The number of aromatic amines is 1. The van der Waals surface area contributed by atoms with Gasteiger partial charge in [-0.3, -0.25) is 0 Å². The normalized spacial score (nSPS) is 14.0. The lowest BCUT2D eigenvalue weighted by Gasteiger charge is -2.15. The van der Waals surface area contributed by atoms with Gasteiger partial charge in [-0.15, -0.1) is 0 Å². The number of pyridine rings is 1. The van der Waals surface area contributed by atoms with Crippen molar-refractivity contribution in [3.05, 3.63) is 49.7 Å². The van der Waals surface area contributed by atoms with Gasteiger partial charge >= 0.3 is 0 Å². The first kappa shape index (κ1) is 15.6. The first-order chi connectivity index (χ1) is 10.6. The molecule has 1 aliphatic carbocycles. The van der Waals surface area contributed by atoms with Gasteiger partial charge < -0.3 is 4.98 Å². The van der Waals surface area contributed by atoms with Crippen LogP contribution in [0.3, 0.4) is 0 Å². The molecule has 0 saturated heterocycles. The zero-order chi connectivity index (χ0) is 15.7. The Labute approximate surface area is 144 Å². The number of fused-ring (bicyclic) bond motifs is 1. The van der Waals surface area contributed by atoms with Gasteiger partial charge in [0.2, 0.25) is 0 Å². The van der Waals surface area contributed by atoms with Crippen molar-refractivity contribution in [2.75, 3.05) is 0 Å². The summed E-state index contributed by atoms with van der Waals surface area (Å²) in [6.45, 7) is 0. The number of nitriles is 1. The molecule has 3 rings (SSSR count). The SMILES string of the molecule is N#Cc1c(-c2ccc(Cl)c(Cl)c2)c2c([nH]c1=S)CCCCC2. The van der Waals surface area contributed by atoms with Crippen LogP contribution in [0.15, 0.2) is 18.2 Å². The fourth-order valence-corrected chi connectivity index (χ4v) is 3.61. The molecule has 0 fully saturated rings. The number of halogens is 2. The predicted octanol–water partition coefficient (Wildman–Crippen LogP) is 5.86. The van der Waals surface area contributed by atoms with Gasteiger partial charge in [0.25, 0.3) is 0 Å². The minimum Gasteiger partial charge on any atom is -0.349 e. The quantitative estimate of drug-likeness (QED) is 0.517. The van der Waals surface area contributed by atoms with E-state index in [-0.39, 0.29) is 0 Å². The number of aromatic nitrogens is 1. The van der Waals surface area contributed by atoms with Gasteiger partial charge in [0.1, 0.15) is 10.7 Å². The van der Waals surface area contributed by atoms with Crippen molar-refractivity contribution in [1.82, 2.24) is 4.98 Å². The van der Waals surface area contributed by atoms with Crippen LogP contribution < -0.4 is 0 Å². The van der Waals surface area contributed by atoms with E-state index in [1.54, 1.807) is 6.07 Å². The zero-order valence-electron chi connectivity index (χ0n) is 11.9. The van der Waals surface area contributed by atoms with Crippen molar-refractivity contribution < 1.29 is 0 Å². The van der Waals surface area contributed by atoms with E-state index in [4.69, 9.17) is 35.4 Å². The lowest BCUT2D eigenvalue weighted by atomic mass is 9.92. The number of hydrogen-bond acceptors (Lipinski definition) is 2. The van der Waals surface area contributed by atoms with E-state index in [2.05, 4.69) is 11.1 Å². The Morgan fingerprint density at radius 3 is 2.59 bits per heavy atom. The number of nitrogens with zero attached hydrogens (tertiary/aromatic N) is 1. The van der Waals surface area contributed by atoms with Crippen molar-refractivity contribution in [3.8, 4) is 17.2 Å². The third-order valence-electron chi connectivity index (χ3n) is 4.08. The van der Waals surface area contributed by atoms with Crippen LogP contribution in [0.1, 0.15) is 36.1 Å². The van der Waals surface area contributed by atoms with E-state index in [1.807, 2.05) is 12.1 Å². The molecule has 0 saturated carbocycles. The second-order valence-electron chi connectivity index (χ2n) is 5.46. The molecule has 0 atom stereocenters. The molecular weight excluding hydrogens is 335 g/mol. The summed E-state index contributed by atoms with van der Waals surface area (Å²) in [5.41, 5.74) is 4.70. The third kappa shape index (κ3) is 2.79. The molecule has 0 radical (unpaired) electrons. The Kier molecular flexibility index (Phi) is 4.54. The molecule has 22 heavy (non-hydrogen) atoms. The number of nitrogens with one attached hydrogen (secondary N) is 1. The molecule has 0 aliphatic heterocycles. The highest BCUT2D eigenvalue weighted by atomic mass is 35.5. The van der Waals surface area contributed by atoms with Crippen LogP contribution in [0.5, 0.6) is 0 Å². The summed E-state index contributed by atoms with van der Waals surface area (Å²) in [6, 6.07) is 7.75. The molecule has 1 heterocycles. The molecule has 2 nitrogen and oxygen atoms in total.